The van der Waals surface area contributed by atoms with Crippen molar-refractivity contribution in [2.24, 2.45) is 5.73 Å². The van der Waals surface area contributed by atoms with Gasteiger partial charge in [-0.05, 0) is 18.2 Å². The minimum atomic E-state index is -3.86. The molecule has 0 radical (unpaired) electrons. The van der Waals surface area contributed by atoms with Crippen molar-refractivity contribution >= 4 is 44.8 Å². The molecule has 0 aliphatic carbocycles. The number of sulfonamides is 1. The van der Waals surface area contributed by atoms with E-state index in [1.807, 2.05) is 0 Å². The summed E-state index contributed by atoms with van der Waals surface area (Å²) in [6, 6.07) is 4.01. The molecule has 0 saturated carbocycles. The van der Waals surface area contributed by atoms with Gasteiger partial charge in [0.05, 0.1) is 22.3 Å². The van der Waals surface area contributed by atoms with Gasteiger partial charge in [0.15, 0.2) is 0 Å². The van der Waals surface area contributed by atoms with Crippen LogP contribution in [0, 0.1) is 0 Å². The number of halogens is 1. The van der Waals surface area contributed by atoms with Crippen molar-refractivity contribution in [1.82, 2.24) is 15.2 Å². The van der Waals surface area contributed by atoms with Gasteiger partial charge in [0, 0.05) is 5.56 Å². The minimum Gasteiger partial charge on any atom is -0.389 e. The number of hydrogen-bond donors (Lipinski definition) is 2. The van der Waals surface area contributed by atoms with E-state index in [4.69, 9.17) is 29.6 Å². The van der Waals surface area contributed by atoms with Gasteiger partial charge in [0.25, 0.3) is 16.0 Å². The first-order chi connectivity index (χ1) is 9.40. The highest BCUT2D eigenvalue weighted by molar-refractivity contribution is 7.92. The van der Waals surface area contributed by atoms with E-state index >= 15 is 0 Å². The van der Waals surface area contributed by atoms with Gasteiger partial charge in [-0.25, -0.2) is 18.1 Å². The predicted molar refractivity (Wildman–Crippen MR) is 78.0 cm³/mol. The molecule has 0 fully saturated rings. The number of rotatable bonds is 4. The summed E-state index contributed by atoms with van der Waals surface area (Å²) in [7, 11) is -3.86. The normalized spacial score (nSPS) is 11.1. The van der Waals surface area contributed by atoms with Gasteiger partial charge in [-0.2, -0.15) is 5.10 Å². The first kappa shape index (κ1) is 14.6. The smallest absolute Gasteiger partial charge is 0.264 e. The molecule has 3 N–H and O–H groups in total. The largest absolute Gasteiger partial charge is 0.389 e. The SMILES string of the molecule is NC(=S)c1ccc(S(=O)(=O)Nc2nccnn2)cc1Cl. The summed E-state index contributed by atoms with van der Waals surface area (Å²) in [5.74, 6) is -0.137. The third-order valence-corrected chi connectivity index (χ3v) is 4.08. The van der Waals surface area contributed by atoms with Gasteiger partial charge < -0.3 is 5.73 Å². The van der Waals surface area contributed by atoms with Crippen LogP contribution in [0.15, 0.2) is 35.5 Å². The van der Waals surface area contributed by atoms with Gasteiger partial charge >= 0.3 is 0 Å². The lowest BCUT2D eigenvalue weighted by atomic mass is 10.2. The molecule has 0 spiro atoms. The third-order valence-electron chi connectivity index (χ3n) is 2.22. The van der Waals surface area contributed by atoms with Gasteiger partial charge in [0.1, 0.15) is 4.99 Å². The highest BCUT2D eigenvalue weighted by Crippen LogP contribution is 2.21. The second-order valence-electron chi connectivity index (χ2n) is 3.58. The van der Waals surface area contributed by atoms with Crippen molar-refractivity contribution in [3.05, 3.63) is 41.2 Å². The van der Waals surface area contributed by atoms with Gasteiger partial charge in [-0.3, -0.25) is 0 Å². The molecule has 1 heterocycles. The maximum atomic E-state index is 12.1. The fourth-order valence-corrected chi connectivity index (χ4v) is 2.89. The molecule has 7 nitrogen and oxygen atoms in total. The molecule has 0 unspecified atom stereocenters. The lowest BCUT2D eigenvalue weighted by Crippen LogP contribution is -2.16. The van der Waals surface area contributed by atoms with Crippen molar-refractivity contribution in [3.8, 4) is 0 Å². The average Bonchev–Trinajstić information content (AvgIpc) is 2.38. The Morgan fingerprint density at radius 3 is 2.65 bits per heavy atom. The van der Waals surface area contributed by atoms with Crippen LogP contribution in [-0.2, 0) is 10.0 Å². The molecule has 104 valence electrons. The Kier molecular flexibility index (Phi) is 4.12. The van der Waals surface area contributed by atoms with Gasteiger partial charge in [-0.15, -0.1) is 5.10 Å². The van der Waals surface area contributed by atoms with E-state index in [2.05, 4.69) is 19.9 Å². The summed E-state index contributed by atoms with van der Waals surface area (Å²) >= 11 is 10.7. The fraction of sp³-hybridized carbons (Fsp3) is 0. The summed E-state index contributed by atoms with van der Waals surface area (Å²) in [5, 5.41) is 7.20. The first-order valence-electron chi connectivity index (χ1n) is 5.16. The van der Waals surface area contributed by atoms with E-state index in [9.17, 15) is 8.42 Å². The molecule has 0 saturated heterocycles. The highest BCUT2D eigenvalue weighted by atomic mass is 35.5. The molecule has 2 aromatic rings. The van der Waals surface area contributed by atoms with E-state index in [-0.39, 0.29) is 20.9 Å². The maximum Gasteiger partial charge on any atom is 0.264 e. The summed E-state index contributed by atoms with van der Waals surface area (Å²) in [5.41, 5.74) is 5.85. The molecule has 0 aliphatic rings. The Hall–Kier alpha value is -1.84. The number of hydrogen-bond acceptors (Lipinski definition) is 6. The quantitative estimate of drug-likeness (QED) is 0.803. The molecule has 2 rings (SSSR count). The summed E-state index contributed by atoms with van der Waals surface area (Å²) in [4.78, 5) is 3.75. The lowest BCUT2D eigenvalue weighted by Gasteiger charge is -2.08. The van der Waals surface area contributed by atoms with Crippen LogP contribution in [0.3, 0.4) is 0 Å². The third kappa shape index (κ3) is 3.18. The lowest BCUT2D eigenvalue weighted by molar-refractivity contribution is 0.600. The standard InChI is InChI=1S/C10H8ClN5O2S2/c11-8-5-6(1-2-7(8)9(12)19)20(17,18)16-10-13-3-4-14-15-10/h1-5H,(H2,12,19)(H,13,15,16). The van der Waals surface area contributed by atoms with Crippen molar-refractivity contribution in [2.45, 2.75) is 4.90 Å². The summed E-state index contributed by atoms with van der Waals surface area (Å²) in [6.45, 7) is 0. The van der Waals surface area contributed by atoms with E-state index < -0.39 is 10.0 Å². The second kappa shape index (κ2) is 5.65. The zero-order valence-electron chi connectivity index (χ0n) is 9.82. The first-order valence-corrected chi connectivity index (χ1v) is 7.43. The maximum absolute atomic E-state index is 12.1. The minimum absolute atomic E-state index is 0.0602. The second-order valence-corrected chi connectivity index (χ2v) is 6.11. The van der Waals surface area contributed by atoms with Crippen molar-refractivity contribution in [3.63, 3.8) is 0 Å². The van der Waals surface area contributed by atoms with Crippen molar-refractivity contribution < 1.29 is 8.42 Å². The predicted octanol–water partition coefficient (Wildman–Crippen LogP) is 0.960. The molecule has 0 bridgehead atoms. The topological polar surface area (TPSA) is 111 Å². The molecular formula is C10H8ClN5O2S2. The fourth-order valence-electron chi connectivity index (χ4n) is 1.34. The molecule has 0 amide bonds. The van der Waals surface area contributed by atoms with Gasteiger partial charge in [-0.1, -0.05) is 23.8 Å². The summed E-state index contributed by atoms with van der Waals surface area (Å²) < 4.78 is 26.4. The number of nitrogens with two attached hydrogens (primary N) is 1. The monoisotopic (exact) mass is 329 g/mol. The van der Waals surface area contributed by atoms with Crippen LogP contribution in [0.5, 0.6) is 0 Å². The van der Waals surface area contributed by atoms with Crippen LogP contribution in [-0.4, -0.2) is 28.6 Å². The Morgan fingerprint density at radius 2 is 2.10 bits per heavy atom. The number of nitrogens with zero attached hydrogens (tertiary/aromatic N) is 3. The summed E-state index contributed by atoms with van der Waals surface area (Å²) in [6.07, 6.45) is 2.64. The molecule has 20 heavy (non-hydrogen) atoms. The van der Waals surface area contributed by atoms with Crippen LogP contribution in [0.4, 0.5) is 5.95 Å². The van der Waals surface area contributed by atoms with Crippen LogP contribution in [0.1, 0.15) is 5.56 Å². The van der Waals surface area contributed by atoms with Crippen LogP contribution >= 0.6 is 23.8 Å². The zero-order chi connectivity index (χ0) is 14.8. The van der Waals surface area contributed by atoms with Crippen molar-refractivity contribution in [1.29, 1.82) is 0 Å². The van der Waals surface area contributed by atoms with Crippen LogP contribution in [0.25, 0.3) is 0 Å². The Morgan fingerprint density at radius 1 is 1.35 bits per heavy atom. The molecule has 0 aliphatic heterocycles. The van der Waals surface area contributed by atoms with E-state index in [1.54, 1.807) is 0 Å². The average molecular weight is 330 g/mol. The van der Waals surface area contributed by atoms with Crippen LogP contribution in [0.2, 0.25) is 5.02 Å². The molecule has 1 aromatic carbocycles. The van der Waals surface area contributed by atoms with E-state index in [0.29, 0.717) is 5.56 Å². The van der Waals surface area contributed by atoms with E-state index in [1.165, 1.54) is 30.6 Å². The van der Waals surface area contributed by atoms with Gasteiger partial charge in [0.2, 0.25) is 0 Å². The Bertz CT molecular complexity index is 751. The molecule has 0 atom stereocenters. The molecular weight excluding hydrogens is 322 g/mol. The number of benzene rings is 1. The Balaban J connectivity index is 2.35. The molecule has 1 aromatic heterocycles. The number of anilines is 1. The van der Waals surface area contributed by atoms with E-state index in [0.717, 1.165) is 0 Å². The van der Waals surface area contributed by atoms with Crippen LogP contribution < -0.4 is 10.5 Å². The highest BCUT2D eigenvalue weighted by Gasteiger charge is 2.17. The number of aromatic nitrogens is 3. The number of nitrogens with one attached hydrogen (secondary N) is 1. The van der Waals surface area contributed by atoms with Crippen molar-refractivity contribution in [2.75, 3.05) is 4.72 Å². The number of thiocarbonyl (C=S) groups is 1. The molecule has 10 heteroatoms. The zero-order valence-corrected chi connectivity index (χ0v) is 12.2. The Labute approximate surface area is 125 Å².